The highest BCUT2D eigenvalue weighted by Crippen LogP contribution is 2.30. The van der Waals surface area contributed by atoms with Crippen LogP contribution in [0.3, 0.4) is 0 Å². The lowest BCUT2D eigenvalue weighted by atomic mass is 9.76. The number of rotatable bonds is 6. The van der Waals surface area contributed by atoms with Gasteiger partial charge in [0.05, 0.1) is 5.54 Å². The van der Waals surface area contributed by atoms with E-state index in [1.54, 1.807) is 0 Å². The fraction of sp³-hybridized carbons (Fsp3) is 0.933. The Bertz CT molecular complexity index is 265. The van der Waals surface area contributed by atoms with Crippen molar-refractivity contribution in [3.05, 3.63) is 0 Å². The second-order valence-corrected chi connectivity index (χ2v) is 6.50. The Balaban J connectivity index is 2.23. The van der Waals surface area contributed by atoms with Crippen LogP contribution in [0.5, 0.6) is 0 Å². The Labute approximate surface area is 112 Å². The molecule has 18 heavy (non-hydrogen) atoms. The van der Waals surface area contributed by atoms with Gasteiger partial charge in [0.1, 0.15) is 0 Å². The summed E-state index contributed by atoms with van der Waals surface area (Å²) in [6.45, 7) is 7.43. The first-order valence-corrected chi connectivity index (χ1v) is 7.51. The van der Waals surface area contributed by atoms with Crippen LogP contribution < -0.4 is 11.1 Å². The van der Waals surface area contributed by atoms with Gasteiger partial charge in [-0.1, -0.05) is 46.5 Å². The zero-order chi connectivity index (χ0) is 13.6. The van der Waals surface area contributed by atoms with Crippen molar-refractivity contribution >= 4 is 5.91 Å². The Morgan fingerprint density at radius 2 is 2.17 bits per heavy atom. The van der Waals surface area contributed by atoms with Crippen molar-refractivity contribution in [3.8, 4) is 0 Å². The molecule has 0 saturated heterocycles. The Morgan fingerprint density at radius 1 is 1.44 bits per heavy atom. The first-order valence-electron chi connectivity index (χ1n) is 7.51. The van der Waals surface area contributed by atoms with Crippen LogP contribution in [-0.4, -0.2) is 18.0 Å². The number of nitrogens with one attached hydrogen (secondary N) is 1. The molecule has 1 saturated carbocycles. The number of hydrogen-bond donors (Lipinski definition) is 2. The van der Waals surface area contributed by atoms with E-state index in [0.717, 1.165) is 38.1 Å². The van der Waals surface area contributed by atoms with E-state index < -0.39 is 5.54 Å². The van der Waals surface area contributed by atoms with Crippen LogP contribution in [0, 0.1) is 11.8 Å². The monoisotopic (exact) mass is 254 g/mol. The minimum absolute atomic E-state index is 0.0681. The average Bonchev–Trinajstić information content (AvgIpc) is 2.27. The van der Waals surface area contributed by atoms with Crippen LogP contribution in [0.4, 0.5) is 0 Å². The first-order chi connectivity index (χ1) is 8.44. The lowest BCUT2D eigenvalue weighted by molar-refractivity contribution is -0.128. The lowest BCUT2D eigenvalue weighted by Crippen LogP contribution is -2.56. The molecule has 0 bridgehead atoms. The van der Waals surface area contributed by atoms with Gasteiger partial charge in [0.25, 0.3) is 0 Å². The molecule has 0 aromatic rings. The van der Waals surface area contributed by atoms with Crippen LogP contribution in [0.1, 0.15) is 65.7 Å². The van der Waals surface area contributed by atoms with E-state index >= 15 is 0 Å². The molecule has 1 aliphatic rings. The van der Waals surface area contributed by atoms with E-state index in [1.807, 2.05) is 0 Å². The number of amides is 1. The van der Waals surface area contributed by atoms with Crippen molar-refractivity contribution in [1.82, 2.24) is 5.32 Å². The fourth-order valence-electron chi connectivity index (χ4n) is 2.85. The van der Waals surface area contributed by atoms with Crippen LogP contribution in [-0.2, 0) is 4.79 Å². The average molecular weight is 254 g/mol. The molecule has 2 atom stereocenters. The van der Waals surface area contributed by atoms with Gasteiger partial charge in [-0.15, -0.1) is 0 Å². The SMILES string of the molecule is CC(C)CCCCNC(=O)C1(N)CCCC(C)C1. The van der Waals surface area contributed by atoms with Crippen molar-refractivity contribution in [2.75, 3.05) is 6.54 Å². The van der Waals surface area contributed by atoms with Crippen LogP contribution in [0.2, 0.25) is 0 Å². The highest BCUT2D eigenvalue weighted by Gasteiger charge is 2.37. The second-order valence-electron chi connectivity index (χ2n) is 6.50. The molecule has 3 N–H and O–H groups in total. The molecule has 0 aromatic heterocycles. The Morgan fingerprint density at radius 3 is 2.78 bits per heavy atom. The predicted octanol–water partition coefficient (Wildman–Crippen LogP) is 2.84. The zero-order valence-corrected chi connectivity index (χ0v) is 12.3. The molecule has 3 heteroatoms. The molecule has 106 valence electrons. The zero-order valence-electron chi connectivity index (χ0n) is 12.3. The van der Waals surface area contributed by atoms with Gasteiger partial charge in [-0.2, -0.15) is 0 Å². The molecule has 1 fully saturated rings. The number of unbranched alkanes of at least 4 members (excludes halogenated alkanes) is 1. The minimum Gasteiger partial charge on any atom is -0.355 e. The van der Waals surface area contributed by atoms with Crippen LogP contribution >= 0.6 is 0 Å². The molecule has 0 aliphatic heterocycles. The summed E-state index contributed by atoms with van der Waals surface area (Å²) in [6, 6.07) is 0. The smallest absolute Gasteiger partial charge is 0.240 e. The highest BCUT2D eigenvalue weighted by atomic mass is 16.2. The van der Waals surface area contributed by atoms with E-state index in [1.165, 1.54) is 19.3 Å². The van der Waals surface area contributed by atoms with E-state index in [2.05, 4.69) is 26.1 Å². The van der Waals surface area contributed by atoms with Gasteiger partial charge in [-0.05, 0) is 31.1 Å². The largest absolute Gasteiger partial charge is 0.355 e. The van der Waals surface area contributed by atoms with Crippen LogP contribution in [0.25, 0.3) is 0 Å². The first kappa shape index (κ1) is 15.5. The van der Waals surface area contributed by atoms with E-state index in [0.29, 0.717) is 5.92 Å². The second kappa shape index (κ2) is 7.13. The summed E-state index contributed by atoms with van der Waals surface area (Å²) in [5.74, 6) is 1.40. The third-order valence-electron chi connectivity index (χ3n) is 3.98. The predicted molar refractivity (Wildman–Crippen MR) is 76.2 cm³/mol. The van der Waals surface area contributed by atoms with Gasteiger partial charge in [0.2, 0.25) is 5.91 Å². The molecule has 1 amide bonds. The number of carbonyl (C=O) groups is 1. The van der Waals surface area contributed by atoms with Gasteiger partial charge in [0, 0.05) is 6.54 Å². The summed E-state index contributed by atoms with van der Waals surface area (Å²) < 4.78 is 0. The van der Waals surface area contributed by atoms with E-state index in [4.69, 9.17) is 5.73 Å². The molecule has 0 heterocycles. The maximum Gasteiger partial charge on any atom is 0.240 e. The molecule has 2 unspecified atom stereocenters. The van der Waals surface area contributed by atoms with Gasteiger partial charge >= 0.3 is 0 Å². The number of hydrogen-bond acceptors (Lipinski definition) is 2. The summed E-state index contributed by atoms with van der Waals surface area (Å²) >= 11 is 0. The molecular formula is C15H30N2O. The van der Waals surface area contributed by atoms with Gasteiger partial charge in [0.15, 0.2) is 0 Å². The van der Waals surface area contributed by atoms with Crippen LogP contribution in [0.15, 0.2) is 0 Å². The minimum atomic E-state index is -0.601. The lowest BCUT2D eigenvalue weighted by Gasteiger charge is -2.35. The number of nitrogens with two attached hydrogens (primary N) is 1. The maximum atomic E-state index is 12.1. The van der Waals surface area contributed by atoms with E-state index in [9.17, 15) is 4.79 Å². The topological polar surface area (TPSA) is 55.1 Å². The van der Waals surface area contributed by atoms with Crippen molar-refractivity contribution in [2.45, 2.75) is 71.3 Å². The van der Waals surface area contributed by atoms with Gasteiger partial charge in [-0.25, -0.2) is 0 Å². The summed E-state index contributed by atoms with van der Waals surface area (Å²) in [5, 5.41) is 3.02. The molecule has 3 nitrogen and oxygen atoms in total. The molecule has 0 radical (unpaired) electrons. The maximum absolute atomic E-state index is 12.1. The summed E-state index contributed by atoms with van der Waals surface area (Å²) in [7, 11) is 0. The molecule has 0 aromatic carbocycles. The van der Waals surface area contributed by atoms with Crippen molar-refractivity contribution in [1.29, 1.82) is 0 Å². The van der Waals surface area contributed by atoms with Crippen molar-refractivity contribution < 1.29 is 4.79 Å². The van der Waals surface area contributed by atoms with Crippen molar-refractivity contribution in [3.63, 3.8) is 0 Å². The van der Waals surface area contributed by atoms with Gasteiger partial charge < -0.3 is 11.1 Å². The Hall–Kier alpha value is -0.570. The normalized spacial score (nSPS) is 28.4. The molecular weight excluding hydrogens is 224 g/mol. The Kier molecular flexibility index (Phi) is 6.13. The highest BCUT2D eigenvalue weighted by molar-refractivity contribution is 5.86. The fourth-order valence-corrected chi connectivity index (χ4v) is 2.85. The van der Waals surface area contributed by atoms with E-state index in [-0.39, 0.29) is 5.91 Å². The standard InChI is InChI=1S/C15H30N2O/c1-12(2)7-4-5-10-17-14(18)15(16)9-6-8-13(3)11-15/h12-13H,4-11,16H2,1-3H3,(H,17,18). The summed E-state index contributed by atoms with van der Waals surface area (Å²) in [4.78, 5) is 12.1. The molecule has 1 aliphatic carbocycles. The third kappa shape index (κ3) is 4.97. The summed E-state index contributed by atoms with van der Waals surface area (Å²) in [6.07, 6.45) is 7.46. The summed E-state index contributed by atoms with van der Waals surface area (Å²) in [5.41, 5.74) is 5.64. The van der Waals surface area contributed by atoms with Gasteiger partial charge in [-0.3, -0.25) is 4.79 Å². The molecule has 0 spiro atoms. The molecule has 1 rings (SSSR count). The quantitative estimate of drug-likeness (QED) is 0.716. The van der Waals surface area contributed by atoms with Crippen molar-refractivity contribution in [2.24, 2.45) is 17.6 Å². The third-order valence-corrected chi connectivity index (χ3v) is 3.98. The number of carbonyl (C=O) groups excluding carboxylic acids is 1.